The molecule has 6 rings (SSSR count). The molecule has 2 unspecified atom stereocenters. The van der Waals surface area contributed by atoms with Crippen LogP contribution in [0.15, 0.2) is 78.9 Å². The summed E-state index contributed by atoms with van der Waals surface area (Å²) < 4.78 is 48.6. The maximum absolute atomic E-state index is 13.2. The molecule has 1 aromatic heterocycles. The van der Waals surface area contributed by atoms with Crippen molar-refractivity contribution in [1.29, 1.82) is 0 Å². The van der Waals surface area contributed by atoms with Gasteiger partial charge in [-0.25, -0.2) is 4.79 Å². The fraction of sp³-hybridized carbons (Fsp3) is 0.359. The summed E-state index contributed by atoms with van der Waals surface area (Å²) in [6.45, 7) is -2.05. The molecule has 2 fully saturated rings. The van der Waals surface area contributed by atoms with Gasteiger partial charge < -0.3 is 36.1 Å². The van der Waals surface area contributed by atoms with Gasteiger partial charge in [-0.05, 0) is 73.2 Å². The molecule has 3 amide bonds. The first-order valence-corrected chi connectivity index (χ1v) is 18.6. The molecule has 14 nitrogen and oxygen atoms in total. The largest absolute Gasteiger partial charge is 0.467 e. The molecule has 2 aliphatic carbocycles. The Bertz CT molecular complexity index is 2050. The molecule has 2 saturated carbocycles. The number of alkyl halides is 3. The second kappa shape index (κ2) is 17.9. The van der Waals surface area contributed by atoms with Crippen molar-refractivity contribution in [2.45, 2.75) is 68.2 Å². The van der Waals surface area contributed by atoms with Crippen LogP contribution in [0.25, 0.3) is 0 Å². The molecule has 0 aliphatic heterocycles. The maximum atomic E-state index is 13.2. The molecular formula is C39H40ClF3N8O6. The van der Waals surface area contributed by atoms with Gasteiger partial charge in [0.15, 0.2) is 6.61 Å². The van der Waals surface area contributed by atoms with Crippen LogP contribution >= 0.6 is 11.6 Å². The first kappa shape index (κ1) is 40.7. The summed E-state index contributed by atoms with van der Waals surface area (Å²) in [5, 5.41) is 14.4. The van der Waals surface area contributed by atoms with Gasteiger partial charge in [-0.1, -0.05) is 66.9 Å². The standard InChI is InChI=1S/C39H40ClF3N8O6/c1-56-34(55)30(21-44-32(53)33(54)46-29-10-6-5-9-28(29)23-7-3-2-4-8-23)47-31(52)24-11-17-27(18-12-24)45-35-48-36(50-37(49-35)57-22-39(41,42)43)51-38(19-20-38)25-13-15-26(40)16-14-25/h2-4,7-8,11-18,28-30H,5-6,9-10,19-22H2,1H3,(H,44,53)(H,46,54)(H,47,52)(H2,45,48,49,50,51)/t28?,29?,30-/m0/s1. The van der Waals surface area contributed by atoms with Crippen LogP contribution < -0.4 is 31.3 Å². The molecule has 18 heteroatoms. The highest BCUT2D eigenvalue weighted by molar-refractivity contribution is 6.35. The Kier molecular flexibility index (Phi) is 12.8. The van der Waals surface area contributed by atoms with E-state index in [0.29, 0.717) is 30.0 Å². The third-order valence-corrected chi connectivity index (χ3v) is 9.91. The van der Waals surface area contributed by atoms with Crippen molar-refractivity contribution in [3.8, 4) is 6.01 Å². The van der Waals surface area contributed by atoms with Crippen molar-refractivity contribution >= 4 is 52.9 Å². The normalized spacial score (nSPS) is 17.6. The van der Waals surface area contributed by atoms with E-state index in [9.17, 15) is 32.3 Å². The number of hydrogen-bond acceptors (Lipinski definition) is 11. The van der Waals surface area contributed by atoms with Gasteiger partial charge >= 0.3 is 30.0 Å². The first-order chi connectivity index (χ1) is 27.3. The number of ether oxygens (including phenoxy) is 2. The van der Waals surface area contributed by atoms with Crippen LogP contribution in [0, 0.1) is 0 Å². The number of carbonyl (C=O) groups is 4. The van der Waals surface area contributed by atoms with Crippen LogP contribution in [0.1, 0.15) is 65.9 Å². The zero-order valence-corrected chi connectivity index (χ0v) is 31.5. The number of rotatable bonds is 14. The highest BCUT2D eigenvalue weighted by Crippen LogP contribution is 2.48. The number of hydrogen-bond donors (Lipinski definition) is 5. The van der Waals surface area contributed by atoms with Gasteiger partial charge in [0.25, 0.3) is 5.91 Å². The number of nitrogens with one attached hydrogen (secondary N) is 5. The Balaban J connectivity index is 1.07. The minimum Gasteiger partial charge on any atom is -0.467 e. The van der Waals surface area contributed by atoms with E-state index in [1.165, 1.54) is 24.3 Å². The van der Waals surface area contributed by atoms with E-state index < -0.39 is 60.6 Å². The predicted octanol–water partition coefficient (Wildman–Crippen LogP) is 5.54. The van der Waals surface area contributed by atoms with Crippen LogP contribution in [0.5, 0.6) is 6.01 Å². The molecule has 3 atom stereocenters. The topological polar surface area (TPSA) is 186 Å². The number of anilines is 3. The van der Waals surface area contributed by atoms with E-state index in [2.05, 4.69) is 41.5 Å². The van der Waals surface area contributed by atoms with Crippen molar-refractivity contribution < 1.29 is 41.8 Å². The van der Waals surface area contributed by atoms with E-state index in [1.807, 2.05) is 42.5 Å². The van der Waals surface area contributed by atoms with Crippen LogP contribution in [-0.4, -0.2) is 77.2 Å². The Morgan fingerprint density at radius 2 is 1.56 bits per heavy atom. The molecule has 0 spiro atoms. The number of aromatic nitrogens is 3. The average molecular weight is 809 g/mol. The molecule has 3 aromatic carbocycles. The number of amides is 3. The molecule has 4 aromatic rings. The van der Waals surface area contributed by atoms with Crippen LogP contribution in [0.2, 0.25) is 5.02 Å². The van der Waals surface area contributed by atoms with Crippen LogP contribution in [-0.2, 0) is 24.7 Å². The molecule has 5 N–H and O–H groups in total. The minimum atomic E-state index is -4.64. The Morgan fingerprint density at radius 1 is 0.877 bits per heavy atom. The monoisotopic (exact) mass is 808 g/mol. The third-order valence-electron chi connectivity index (χ3n) is 9.66. The lowest BCUT2D eigenvalue weighted by molar-refractivity contribution is -0.154. The van der Waals surface area contributed by atoms with E-state index >= 15 is 0 Å². The summed E-state index contributed by atoms with van der Waals surface area (Å²) in [5.41, 5.74) is 1.86. The summed E-state index contributed by atoms with van der Waals surface area (Å²) in [7, 11) is 1.12. The fourth-order valence-corrected chi connectivity index (χ4v) is 6.72. The smallest absolute Gasteiger partial charge is 0.422 e. The average Bonchev–Trinajstić information content (AvgIpc) is 3.99. The van der Waals surface area contributed by atoms with Crippen molar-refractivity contribution in [3.63, 3.8) is 0 Å². The van der Waals surface area contributed by atoms with Crippen LogP contribution in [0.4, 0.5) is 30.8 Å². The Morgan fingerprint density at radius 3 is 2.23 bits per heavy atom. The van der Waals surface area contributed by atoms with E-state index in [1.54, 1.807) is 12.1 Å². The van der Waals surface area contributed by atoms with Crippen LogP contribution in [0.3, 0.4) is 0 Å². The number of nitrogens with zero attached hydrogens (tertiary/aromatic N) is 3. The van der Waals surface area contributed by atoms with E-state index in [-0.39, 0.29) is 29.4 Å². The Labute approximate surface area is 330 Å². The van der Waals surface area contributed by atoms with Crippen molar-refractivity contribution in [3.05, 3.63) is 101 Å². The summed E-state index contributed by atoms with van der Waals surface area (Å²) in [4.78, 5) is 63.8. The second-order valence-corrected chi connectivity index (χ2v) is 14.2. The van der Waals surface area contributed by atoms with Gasteiger partial charge in [0.1, 0.15) is 6.04 Å². The molecule has 0 saturated heterocycles. The summed E-state index contributed by atoms with van der Waals surface area (Å²) in [5.74, 6) is -3.49. The molecule has 0 bridgehead atoms. The van der Waals surface area contributed by atoms with E-state index in [4.69, 9.17) is 21.1 Å². The van der Waals surface area contributed by atoms with Gasteiger partial charge in [0.05, 0.1) is 12.6 Å². The molecular weight excluding hydrogens is 769 g/mol. The van der Waals surface area contributed by atoms with Gasteiger partial charge in [-0.15, -0.1) is 0 Å². The van der Waals surface area contributed by atoms with Gasteiger partial charge in [0, 0.05) is 34.8 Å². The third kappa shape index (κ3) is 11.1. The number of esters is 1. The quantitative estimate of drug-likeness (QED) is 0.0796. The molecule has 300 valence electrons. The fourth-order valence-electron chi connectivity index (χ4n) is 6.60. The predicted molar refractivity (Wildman–Crippen MR) is 203 cm³/mol. The van der Waals surface area contributed by atoms with Crippen molar-refractivity contribution in [2.24, 2.45) is 0 Å². The lowest BCUT2D eigenvalue weighted by Crippen LogP contribution is -2.52. The molecule has 1 heterocycles. The highest BCUT2D eigenvalue weighted by Gasteiger charge is 2.45. The summed E-state index contributed by atoms with van der Waals surface area (Å²) in [6, 6.07) is 20.5. The second-order valence-electron chi connectivity index (χ2n) is 13.7. The van der Waals surface area contributed by atoms with Crippen molar-refractivity contribution in [2.75, 3.05) is 30.9 Å². The zero-order valence-electron chi connectivity index (χ0n) is 30.7. The SMILES string of the molecule is COC(=O)[C@H](CNC(=O)C(=O)NC1CCCCC1c1ccccc1)NC(=O)c1ccc(Nc2nc(NC3(c4ccc(Cl)cc4)CC3)nc(OCC(F)(F)F)n2)cc1. The number of benzene rings is 3. The Hall–Kier alpha value is -5.97. The van der Waals surface area contributed by atoms with Gasteiger partial charge in [-0.2, -0.15) is 28.1 Å². The molecule has 0 radical (unpaired) electrons. The van der Waals surface area contributed by atoms with Gasteiger partial charge in [-0.3, -0.25) is 14.4 Å². The van der Waals surface area contributed by atoms with Crippen molar-refractivity contribution in [1.82, 2.24) is 30.9 Å². The first-order valence-electron chi connectivity index (χ1n) is 18.2. The molecule has 57 heavy (non-hydrogen) atoms. The van der Waals surface area contributed by atoms with E-state index in [0.717, 1.165) is 37.5 Å². The lowest BCUT2D eigenvalue weighted by Gasteiger charge is -2.32. The zero-order chi connectivity index (χ0) is 40.6. The number of halogens is 4. The molecule has 2 aliphatic rings. The summed E-state index contributed by atoms with van der Waals surface area (Å²) >= 11 is 6.04. The lowest BCUT2D eigenvalue weighted by atomic mass is 9.80. The number of carbonyl (C=O) groups excluding carboxylic acids is 4. The number of methoxy groups -OCH3 is 1. The summed E-state index contributed by atoms with van der Waals surface area (Å²) in [6.07, 6.45) is 0.276. The minimum absolute atomic E-state index is 0.0306. The highest BCUT2D eigenvalue weighted by atomic mass is 35.5. The van der Waals surface area contributed by atoms with Gasteiger partial charge in [0.2, 0.25) is 11.9 Å². The maximum Gasteiger partial charge on any atom is 0.422 e.